The normalized spacial score (nSPS) is 22.8. The molecule has 0 aliphatic carbocycles. The predicted octanol–water partition coefficient (Wildman–Crippen LogP) is 2.45. The highest BCUT2D eigenvalue weighted by Crippen LogP contribution is 2.22. The molecule has 2 rings (SSSR count). The molecule has 1 heterocycles. The van der Waals surface area contributed by atoms with Crippen LogP contribution < -0.4 is 0 Å². The van der Waals surface area contributed by atoms with Crippen molar-refractivity contribution in [2.75, 3.05) is 6.54 Å². The lowest BCUT2D eigenvalue weighted by Crippen LogP contribution is -2.37. The third-order valence-electron chi connectivity index (χ3n) is 3.04. The highest BCUT2D eigenvalue weighted by Gasteiger charge is 2.20. The van der Waals surface area contributed by atoms with Gasteiger partial charge in [-0.2, -0.15) is 0 Å². The lowest BCUT2D eigenvalue weighted by molar-refractivity contribution is 0.195. The van der Waals surface area contributed by atoms with Gasteiger partial charge in [-0.1, -0.05) is 31.2 Å². The van der Waals surface area contributed by atoms with Crippen molar-refractivity contribution < 1.29 is 0 Å². The lowest BCUT2D eigenvalue weighted by atomic mass is 9.95. The molecule has 0 saturated heterocycles. The van der Waals surface area contributed by atoms with Crippen LogP contribution in [0.5, 0.6) is 0 Å². The molecule has 1 nitrogen and oxygen atoms in total. The molecule has 1 heteroatoms. The van der Waals surface area contributed by atoms with E-state index in [1.807, 2.05) is 0 Å². The number of likely N-dealkylation sites (N-methyl/N-ethyl adjacent to an activating group) is 1. The van der Waals surface area contributed by atoms with Crippen LogP contribution in [0.3, 0.4) is 0 Å². The molecule has 0 aromatic heterocycles. The Bertz CT molecular complexity index is 293. The van der Waals surface area contributed by atoms with Crippen molar-refractivity contribution >= 4 is 0 Å². The van der Waals surface area contributed by atoms with Gasteiger partial charge in [0, 0.05) is 12.6 Å². The Morgan fingerprint density at radius 1 is 1.31 bits per heavy atom. The summed E-state index contributed by atoms with van der Waals surface area (Å²) in [6.07, 6.45) is 1.21. The molecule has 1 aliphatic heterocycles. The Hall–Kier alpha value is -0.820. The van der Waals surface area contributed by atoms with Crippen LogP contribution in [0.2, 0.25) is 0 Å². The number of rotatable bonds is 1. The van der Waals surface area contributed by atoms with Crippen LogP contribution in [-0.4, -0.2) is 17.5 Å². The Labute approximate surface area is 80.4 Å². The average Bonchev–Trinajstić information content (AvgIpc) is 2.17. The summed E-state index contributed by atoms with van der Waals surface area (Å²) < 4.78 is 0. The van der Waals surface area contributed by atoms with Crippen LogP contribution in [0.25, 0.3) is 0 Å². The summed E-state index contributed by atoms with van der Waals surface area (Å²) in [5.74, 6) is 0. The topological polar surface area (TPSA) is 3.24 Å². The van der Waals surface area contributed by atoms with Crippen molar-refractivity contribution in [1.29, 1.82) is 0 Å². The monoisotopic (exact) mass is 175 g/mol. The molecule has 0 N–H and O–H groups in total. The zero-order chi connectivity index (χ0) is 9.26. The molecule has 0 amide bonds. The second-order valence-electron chi connectivity index (χ2n) is 3.88. The molecule has 70 valence electrons. The zero-order valence-electron chi connectivity index (χ0n) is 8.46. The number of hydrogen-bond donors (Lipinski definition) is 0. The van der Waals surface area contributed by atoms with E-state index in [0.717, 1.165) is 13.1 Å². The van der Waals surface area contributed by atoms with Gasteiger partial charge in [-0.05, 0) is 31.0 Å². The summed E-state index contributed by atoms with van der Waals surface area (Å²) in [6, 6.07) is 9.51. The standard InChI is InChI=1S/C12H17N/c1-3-13-9-12-7-5-4-6-11(12)8-10(13)2/h4-7,10H,3,8-9H2,1-2H3. The molecule has 13 heavy (non-hydrogen) atoms. The van der Waals surface area contributed by atoms with E-state index in [2.05, 4.69) is 43.0 Å². The molecule has 0 saturated carbocycles. The second kappa shape index (κ2) is 3.51. The maximum absolute atomic E-state index is 2.53. The smallest absolute Gasteiger partial charge is 0.0239 e. The van der Waals surface area contributed by atoms with Gasteiger partial charge in [0.1, 0.15) is 0 Å². The number of fused-ring (bicyclic) bond motifs is 1. The first kappa shape index (κ1) is 8.76. The fraction of sp³-hybridized carbons (Fsp3) is 0.500. The minimum atomic E-state index is 0.708. The summed E-state index contributed by atoms with van der Waals surface area (Å²) >= 11 is 0. The van der Waals surface area contributed by atoms with Gasteiger partial charge in [-0.15, -0.1) is 0 Å². The Kier molecular flexibility index (Phi) is 2.36. The van der Waals surface area contributed by atoms with E-state index >= 15 is 0 Å². The van der Waals surface area contributed by atoms with Crippen molar-refractivity contribution in [3.8, 4) is 0 Å². The summed E-state index contributed by atoms with van der Waals surface area (Å²) in [5, 5.41) is 0. The highest BCUT2D eigenvalue weighted by atomic mass is 15.1. The molecule has 1 unspecified atom stereocenters. The van der Waals surface area contributed by atoms with E-state index < -0.39 is 0 Å². The minimum absolute atomic E-state index is 0.708. The first-order valence-corrected chi connectivity index (χ1v) is 5.12. The van der Waals surface area contributed by atoms with Crippen LogP contribution in [0.4, 0.5) is 0 Å². The first-order valence-electron chi connectivity index (χ1n) is 5.12. The molecular formula is C12H17N. The van der Waals surface area contributed by atoms with Crippen LogP contribution in [0.1, 0.15) is 25.0 Å². The summed E-state index contributed by atoms with van der Waals surface area (Å²) in [5.41, 5.74) is 3.06. The zero-order valence-corrected chi connectivity index (χ0v) is 8.46. The molecule has 0 fully saturated rings. The lowest BCUT2D eigenvalue weighted by Gasteiger charge is -2.33. The molecule has 1 aromatic carbocycles. The van der Waals surface area contributed by atoms with Crippen LogP contribution in [-0.2, 0) is 13.0 Å². The number of benzene rings is 1. The van der Waals surface area contributed by atoms with Gasteiger partial charge in [0.05, 0.1) is 0 Å². The van der Waals surface area contributed by atoms with E-state index in [9.17, 15) is 0 Å². The second-order valence-corrected chi connectivity index (χ2v) is 3.88. The molecule has 1 aliphatic rings. The van der Waals surface area contributed by atoms with Crippen molar-refractivity contribution in [3.05, 3.63) is 35.4 Å². The van der Waals surface area contributed by atoms with Crippen molar-refractivity contribution in [2.24, 2.45) is 0 Å². The maximum atomic E-state index is 2.53. The number of hydrogen-bond acceptors (Lipinski definition) is 1. The minimum Gasteiger partial charge on any atom is -0.296 e. The highest BCUT2D eigenvalue weighted by molar-refractivity contribution is 5.29. The van der Waals surface area contributed by atoms with Gasteiger partial charge < -0.3 is 0 Å². The molecule has 0 bridgehead atoms. The summed E-state index contributed by atoms with van der Waals surface area (Å²) in [6.45, 7) is 6.85. The third kappa shape index (κ3) is 1.61. The van der Waals surface area contributed by atoms with Crippen molar-refractivity contribution in [1.82, 2.24) is 4.90 Å². The Morgan fingerprint density at radius 3 is 2.69 bits per heavy atom. The van der Waals surface area contributed by atoms with Gasteiger partial charge in [-0.25, -0.2) is 0 Å². The van der Waals surface area contributed by atoms with E-state index in [0.29, 0.717) is 6.04 Å². The fourth-order valence-electron chi connectivity index (χ4n) is 2.16. The van der Waals surface area contributed by atoms with E-state index in [-0.39, 0.29) is 0 Å². The first-order chi connectivity index (χ1) is 6.31. The molecule has 1 aromatic rings. The third-order valence-corrected chi connectivity index (χ3v) is 3.04. The largest absolute Gasteiger partial charge is 0.296 e. The van der Waals surface area contributed by atoms with Crippen LogP contribution in [0, 0.1) is 0 Å². The average molecular weight is 175 g/mol. The molecule has 0 spiro atoms. The summed E-state index contributed by atoms with van der Waals surface area (Å²) in [7, 11) is 0. The van der Waals surface area contributed by atoms with Crippen LogP contribution >= 0.6 is 0 Å². The van der Waals surface area contributed by atoms with Crippen molar-refractivity contribution in [2.45, 2.75) is 32.9 Å². The van der Waals surface area contributed by atoms with E-state index in [1.165, 1.54) is 12.0 Å². The van der Waals surface area contributed by atoms with E-state index in [1.54, 1.807) is 5.56 Å². The number of nitrogens with zero attached hydrogens (tertiary/aromatic N) is 1. The quantitative estimate of drug-likeness (QED) is 0.633. The predicted molar refractivity (Wildman–Crippen MR) is 55.7 cm³/mol. The van der Waals surface area contributed by atoms with Gasteiger partial charge in [0.25, 0.3) is 0 Å². The van der Waals surface area contributed by atoms with Crippen molar-refractivity contribution in [3.63, 3.8) is 0 Å². The van der Waals surface area contributed by atoms with Gasteiger partial charge in [0.2, 0.25) is 0 Å². The van der Waals surface area contributed by atoms with Crippen LogP contribution in [0.15, 0.2) is 24.3 Å². The molecule has 1 atom stereocenters. The van der Waals surface area contributed by atoms with Gasteiger partial charge in [0.15, 0.2) is 0 Å². The van der Waals surface area contributed by atoms with Gasteiger partial charge >= 0.3 is 0 Å². The maximum Gasteiger partial charge on any atom is 0.0239 e. The Morgan fingerprint density at radius 2 is 2.00 bits per heavy atom. The van der Waals surface area contributed by atoms with E-state index in [4.69, 9.17) is 0 Å². The van der Waals surface area contributed by atoms with Gasteiger partial charge in [-0.3, -0.25) is 4.90 Å². The fourth-order valence-corrected chi connectivity index (χ4v) is 2.16. The SMILES string of the molecule is CCN1Cc2ccccc2CC1C. The Balaban J connectivity index is 2.27. The molecular weight excluding hydrogens is 158 g/mol. The summed E-state index contributed by atoms with van der Waals surface area (Å²) in [4.78, 5) is 2.53. The molecule has 0 radical (unpaired) electrons.